The number of hydrogen-bond donors (Lipinski definition) is 1. The summed E-state index contributed by atoms with van der Waals surface area (Å²) in [7, 11) is 0. The number of morpholine rings is 1. The van der Waals surface area contributed by atoms with Gasteiger partial charge in [0.25, 0.3) is 0 Å². The Bertz CT molecular complexity index is 469. The fourth-order valence-corrected chi connectivity index (χ4v) is 3.19. The number of benzene rings is 1. The highest BCUT2D eigenvalue weighted by atomic mass is 32.2. The quantitative estimate of drug-likeness (QED) is 0.930. The normalized spacial score (nSPS) is 23.7. The number of amides is 2. The molecule has 2 rings (SSSR count). The molecule has 1 aliphatic rings. The van der Waals surface area contributed by atoms with Gasteiger partial charge in [0.15, 0.2) is 0 Å². The van der Waals surface area contributed by atoms with Crippen LogP contribution in [-0.2, 0) is 10.3 Å². The van der Waals surface area contributed by atoms with Gasteiger partial charge in [-0.2, -0.15) is 11.8 Å². The zero-order valence-electron chi connectivity index (χ0n) is 13.0. The predicted molar refractivity (Wildman–Crippen MR) is 87.7 cm³/mol. The second kappa shape index (κ2) is 7.18. The van der Waals surface area contributed by atoms with Crippen molar-refractivity contribution in [1.82, 2.24) is 10.2 Å². The fourth-order valence-electron chi connectivity index (χ4n) is 2.60. The van der Waals surface area contributed by atoms with E-state index in [-0.39, 0.29) is 12.1 Å². The van der Waals surface area contributed by atoms with Crippen molar-refractivity contribution in [3.05, 3.63) is 35.9 Å². The van der Waals surface area contributed by atoms with Crippen LogP contribution in [0, 0.1) is 0 Å². The van der Waals surface area contributed by atoms with Crippen molar-refractivity contribution >= 4 is 17.8 Å². The molecule has 1 N–H and O–H groups in total. The number of hydrogen-bond acceptors (Lipinski definition) is 3. The molecule has 0 bridgehead atoms. The van der Waals surface area contributed by atoms with Crippen molar-refractivity contribution in [2.24, 2.45) is 0 Å². The highest BCUT2D eigenvalue weighted by molar-refractivity contribution is 7.98. The summed E-state index contributed by atoms with van der Waals surface area (Å²) in [4.78, 5) is 14.2. The van der Waals surface area contributed by atoms with Crippen molar-refractivity contribution < 1.29 is 9.53 Å². The van der Waals surface area contributed by atoms with Crippen LogP contribution in [0.2, 0.25) is 0 Å². The third kappa shape index (κ3) is 4.14. The second-order valence-electron chi connectivity index (χ2n) is 5.67. The van der Waals surface area contributed by atoms with Crippen LogP contribution in [0.5, 0.6) is 0 Å². The van der Waals surface area contributed by atoms with Crippen molar-refractivity contribution in [1.29, 1.82) is 0 Å². The number of urea groups is 1. The molecule has 4 nitrogen and oxygen atoms in total. The average molecular weight is 308 g/mol. The second-order valence-corrected chi connectivity index (χ2v) is 6.58. The molecule has 1 aliphatic heterocycles. The van der Waals surface area contributed by atoms with Crippen LogP contribution in [0.25, 0.3) is 0 Å². The Morgan fingerprint density at radius 1 is 1.48 bits per heavy atom. The van der Waals surface area contributed by atoms with Gasteiger partial charge >= 0.3 is 6.03 Å². The van der Waals surface area contributed by atoms with Gasteiger partial charge in [0.05, 0.1) is 13.2 Å². The van der Waals surface area contributed by atoms with Crippen LogP contribution in [0.4, 0.5) is 4.79 Å². The minimum absolute atomic E-state index is 0.00186. The van der Waals surface area contributed by atoms with Crippen LogP contribution in [0.3, 0.4) is 0 Å². The topological polar surface area (TPSA) is 41.6 Å². The highest BCUT2D eigenvalue weighted by Crippen LogP contribution is 2.29. The van der Waals surface area contributed by atoms with Crippen LogP contribution in [0.1, 0.15) is 19.4 Å². The first-order valence-corrected chi connectivity index (χ1v) is 8.68. The maximum atomic E-state index is 12.4. The van der Waals surface area contributed by atoms with E-state index in [1.807, 2.05) is 43.2 Å². The number of rotatable bonds is 4. The molecule has 0 spiro atoms. The van der Waals surface area contributed by atoms with Gasteiger partial charge < -0.3 is 15.0 Å². The van der Waals surface area contributed by atoms with E-state index >= 15 is 0 Å². The molecular weight excluding hydrogens is 284 g/mol. The van der Waals surface area contributed by atoms with E-state index in [4.69, 9.17) is 4.74 Å². The molecule has 1 aromatic carbocycles. The Hall–Kier alpha value is -1.20. The van der Waals surface area contributed by atoms with E-state index < -0.39 is 5.60 Å². The highest BCUT2D eigenvalue weighted by Gasteiger charge is 2.35. The Morgan fingerprint density at radius 2 is 2.19 bits per heavy atom. The van der Waals surface area contributed by atoms with Crippen molar-refractivity contribution in [3.63, 3.8) is 0 Å². The van der Waals surface area contributed by atoms with Gasteiger partial charge in [-0.1, -0.05) is 30.3 Å². The largest absolute Gasteiger partial charge is 0.367 e. The molecule has 2 atom stereocenters. The lowest BCUT2D eigenvalue weighted by molar-refractivity contribution is -0.0907. The molecule has 0 radical (unpaired) electrons. The van der Waals surface area contributed by atoms with E-state index in [2.05, 4.69) is 17.4 Å². The van der Waals surface area contributed by atoms with E-state index in [0.29, 0.717) is 19.7 Å². The number of carbonyl (C=O) groups excluding carboxylic acids is 1. The number of nitrogens with one attached hydrogen (secondary N) is 1. The summed E-state index contributed by atoms with van der Waals surface area (Å²) < 4.78 is 5.96. The molecule has 0 aromatic heterocycles. The van der Waals surface area contributed by atoms with Crippen LogP contribution in [-0.4, -0.2) is 48.7 Å². The van der Waals surface area contributed by atoms with E-state index in [1.165, 1.54) is 0 Å². The minimum atomic E-state index is -0.431. The van der Waals surface area contributed by atoms with Gasteiger partial charge in [-0.25, -0.2) is 4.79 Å². The molecule has 5 heteroatoms. The van der Waals surface area contributed by atoms with Crippen molar-refractivity contribution in [2.75, 3.05) is 31.7 Å². The number of ether oxygens (including phenoxy) is 1. The Morgan fingerprint density at radius 3 is 2.86 bits per heavy atom. The van der Waals surface area contributed by atoms with E-state index in [1.54, 1.807) is 11.8 Å². The smallest absolute Gasteiger partial charge is 0.317 e. The van der Waals surface area contributed by atoms with Crippen LogP contribution < -0.4 is 5.32 Å². The molecule has 0 saturated carbocycles. The summed E-state index contributed by atoms with van der Waals surface area (Å²) in [5, 5.41) is 3.05. The molecule has 0 unspecified atom stereocenters. The molecule has 21 heavy (non-hydrogen) atoms. The zero-order chi connectivity index (χ0) is 15.3. The Kier molecular flexibility index (Phi) is 5.53. The SMILES string of the molecule is CSC[C@@H](C)NC(=O)N1CCO[C@](C)(c2ccccc2)C1. The lowest BCUT2D eigenvalue weighted by Gasteiger charge is -2.41. The van der Waals surface area contributed by atoms with Crippen molar-refractivity contribution in [2.45, 2.75) is 25.5 Å². The maximum Gasteiger partial charge on any atom is 0.317 e. The summed E-state index contributed by atoms with van der Waals surface area (Å²) in [5.41, 5.74) is 0.680. The van der Waals surface area contributed by atoms with Crippen LogP contribution in [0.15, 0.2) is 30.3 Å². The van der Waals surface area contributed by atoms with Crippen molar-refractivity contribution in [3.8, 4) is 0 Å². The summed E-state index contributed by atoms with van der Waals surface area (Å²) in [6.07, 6.45) is 2.05. The van der Waals surface area contributed by atoms with Gasteiger partial charge in [-0.3, -0.25) is 0 Å². The summed E-state index contributed by atoms with van der Waals surface area (Å²) in [6.45, 7) is 5.86. The third-order valence-electron chi connectivity index (χ3n) is 3.73. The molecular formula is C16H24N2O2S. The average Bonchev–Trinajstić information content (AvgIpc) is 2.48. The lowest BCUT2D eigenvalue weighted by Crippen LogP contribution is -2.54. The molecule has 1 aromatic rings. The first kappa shape index (κ1) is 16.2. The Balaban J connectivity index is 2.02. The maximum absolute atomic E-state index is 12.4. The third-order valence-corrected chi connectivity index (χ3v) is 4.57. The first-order chi connectivity index (χ1) is 10.0. The van der Waals surface area contributed by atoms with Gasteiger partial charge in [-0.05, 0) is 25.7 Å². The van der Waals surface area contributed by atoms with E-state index in [0.717, 1.165) is 11.3 Å². The zero-order valence-corrected chi connectivity index (χ0v) is 13.8. The number of thioether (sulfide) groups is 1. The monoisotopic (exact) mass is 308 g/mol. The van der Waals surface area contributed by atoms with Gasteiger partial charge in [0.2, 0.25) is 0 Å². The first-order valence-electron chi connectivity index (χ1n) is 7.29. The van der Waals surface area contributed by atoms with Gasteiger partial charge in [0, 0.05) is 18.3 Å². The number of nitrogens with zero attached hydrogens (tertiary/aromatic N) is 1. The fraction of sp³-hybridized carbons (Fsp3) is 0.562. The van der Waals surface area contributed by atoms with E-state index in [9.17, 15) is 4.79 Å². The van der Waals surface area contributed by atoms with Gasteiger partial charge in [0.1, 0.15) is 5.60 Å². The molecule has 1 fully saturated rings. The molecule has 1 heterocycles. The summed E-state index contributed by atoms with van der Waals surface area (Å²) in [5.74, 6) is 0.923. The molecule has 0 aliphatic carbocycles. The lowest BCUT2D eigenvalue weighted by atomic mass is 9.94. The summed E-state index contributed by atoms with van der Waals surface area (Å²) in [6, 6.07) is 10.3. The minimum Gasteiger partial charge on any atom is -0.367 e. The standard InChI is InChI=1S/C16H24N2O2S/c1-13(11-21-3)17-15(19)18-9-10-20-16(2,12-18)14-7-5-4-6-8-14/h4-8,13H,9-12H2,1-3H3,(H,17,19)/t13-,16+/m1/s1. The summed E-state index contributed by atoms with van der Waals surface area (Å²) >= 11 is 1.74. The molecule has 2 amide bonds. The molecule has 1 saturated heterocycles. The number of carbonyl (C=O) groups is 1. The Labute approximate surface area is 131 Å². The van der Waals surface area contributed by atoms with Crippen LogP contribution >= 0.6 is 11.8 Å². The van der Waals surface area contributed by atoms with Gasteiger partial charge in [-0.15, -0.1) is 0 Å². The molecule has 116 valence electrons. The predicted octanol–water partition coefficient (Wildman–Crippen LogP) is 2.70.